The first kappa shape index (κ1) is 116. The van der Waals surface area contributed by atoms with Crippen molar-refractivity contribution in [2.75, 3.05) is 33.5 Å². The van der Waals surface area contributed by atoms with Crippen LogP contribution >= 0.6 is 70.4 Å². The van der Waals surface area contributed by atoms with Gasteiger partial charge in [0.15, 0.2) is 24.4 Å². The Labute approximate surface area is 801 Å². The van der Waals surface area contributed by atoms with Gasteiger partial charge in [-0.05, 0) is 135 Å². The number of aliphatic hydroxyl groups excluding tert-OH is 2. The number of carboxylic acids is 1. The number of phenols is 2. The number of ketones is 1. The van der Waals surface area contributed by atoms with Gasteiger partial charge in [-0.2, -0.15) is 39.6 Å². The predicted molar refractivity (Wildman–Crippen MR) is 478 cm³/mol. The van der Waals surface area contributed by atoms with Crippen LogP contribution in [-0.2, 0) is 46.3 Å². The van der Waals surface area contributed by atoms with Crippen LogP contribution < -0.4 is 44.6 Å². The summed E-state index contributed by atoms with van der Waals surface area (Å²) >= 11 is 28.1. The number of aldehydes is 1. The van der Waals surface area contributed by atoms with Crippen LogP contribution in [0.4, 0.5) is 0 Å². The minimum absolute atomic E-state index is 0. The van der Waals surface area contributed by atoms with Gasteiger partial charge in [0.25, 0.3) is 0 Å². The molecule has 0 saturated carbocycles. The number of phenolic OH excluding ortho intramolecular Hbond substituents is 2. The van der Waals surface area contributed by atoms with Crippen LogP contribution in [0.25, 0.3) is 56.1 Å². The Balaban J connectivity index is 0.00000145. The number of carboxylic acid groups (broad SMARTS) is 1. The SMILES string of the molecule is C.CC(C)n1nccc1-c1nccc2c1C(=O)CO2.CC(C)n1nccc1-c1nccc2c1C(O)CO2.CC(C)n1nccc1B(O)O.CCOC(=O)CO.CCc1oc2ccnc(-c3ccnn3C(C)C)c2c1O.CCc1oc2ccnc(Cl)c2c1O.COC(=O)c1c(Cl)ccnc1Cl.Cl.O=C(O)c1c(Cl)ccnc1Cl.O=C=O.O=C=O.O=Cc1c(O)cccc1O.[B].[H-].[Na+]. The van der Waals surface area contributed by atoms with Gasteiger partial charge in [-0.1, -0.05) is 85.3 Å². The molecule has 13 aromatic rings. The minimum Gasteiger partial charge on any atom is -1.00 e. The third kappa shape index (κ3) is 31.4. The first-order chi connectivity index (χ1) is 60.0. The van der Waals surface area contributed by atoms with Gasteiger partial charge < -0.3 is 75.0 Å². The van der Waals surface area contributed by atoms with Crippen molar-refractivity contribution < 1.29 is 148 Å². The number of halogens is 6. The standard InChI is InChI=1S/C15H17N3O2.C13H15N3O2.C13H13N3O2.C9H8ClNO2.C7H5Cl2NO2.C7H6O3.C6H11BN2O2.C6H3Cl2NO2.C4H8O3.2CO2.CH4.B.ClH.Na.H/c1-4-11-15(19)13-12(20-11)6-7-16-14(13)10-5-8-17-18(10)9(2)3;2*1-8(2)16-9(3-6-15-16)13-12-10(17)7-18-11(12)4-5-14-13;1-2-5-8(12)7-6(13-5)3-4-11-9(7)10;1-12-7(11)5-4(8)2-3-10-6(5)9;8-4-5-6(9)2-1-3-7(5)10;1-5(2)9-6(7(10)11)3-4-8-9;7-3-1-2-9-5(8)4(3)6(10)11;1-2-7-4(6)3-5;2*2-1-3;;;;;/h5-9,19H,4H2,1-3H3;3-6,8,10,17H,7H2,1-2H3;3-6,8H,7H2,1-2H3;3-4,12H,2H2,1H3;2-3H,1H3;1-4,9-10H;3-5,10-11H,1-2H3;1-2H,(H,10,11);5H,2-3H2,1H3;;;1H4;;1H;;/q;;;;;;;;;;;;;;+1;-1. The molecule has 0 bridgehead atoms. The van der Waals surface area contributed by atoms with E-state index in [2.05, 4.69) is 87.5 Å². The summed E-state index contributed by atoms with van der Waals surface area (Å²) in [6.07, 6.45) is 17.7. The quantitative estimate of drug-likeness (QED) is 0.0199. The number of hydrogen-bond acceptors (Lipinski definition) is 33. The number of Topliss-reactive ketones (excluding diaryl/α,β-unsaturated/α-hetero) is 1. The van der Waals surface area contributed by atoms with Crippen LogP contribution in [0.3, 0.4) is 0 Å². The van der Waals surface area contributed by atoms with Crippen LogP contribution in [0.5, 0.6) is 34.5 Å². The van der Waals surface area contributed by atoms with Gasteiger partial charge in [0, 0.05) is 107 Å². The molecule has 0 aliphatic carbocycles. The number of hydrogen-bond donors (Lipinski definition) is 9. The zero-order valence-electron chi connectivity index (χ0n) is 72.3. The van der Waals surface area contributed by atoms with Gasteiger partial charge in [0.05, 0.1) is 79.6 Å². The number of carbonyl (C=O) groups is 5. The largest absolute Gasteiger partial charge is 1.00 e. The Morgan fingerprint density at radius 3 is 1.39 bits per heavy atom. The molecular formula is C83H92B2Cl6N14NaO24. The summed E-state index contributed by atoms with van der Waals surface area (Å²) in [4.78, 5) is 110. The van der Waals surface area contributed by atoms with Gasteiger partial charge in [0.1, 0.15) is 103 Å². The normalized spacial score (nSPS) is 11.1. The van der Waals surface area contributed by atoms with Crippen molar-refractivity contribution in [1.29, 1.82) is 0 Å². The molecule has 1 unspecified atom stereocenters. The van der Waals surface area contributed by atoms with E-state index < -0.39 is 37.7 Å². The molecule has 0 fully saturated rings. The zero-order valence-corrected chi connectivity index (χ0v) is 77.9. The molecule has 12 aromatic heterocycles. The maximum Gasteiger partial charge on any atom is 1.00 e. The Morgan fingerprint density at radius 2 is 0.985 bits per heavy atom. The molecule has 38 nitrogen and oxygen atoms in total. The molecule has 1 atom stereocenters. The topological polar surface area (TPSA) is 548 Å². The molecule has 130 heavy (non-hydrogen) atoms. The number of aromatic hydroxyl groups is 4. The molecule has 2 aliphatic rings. The summed E-state index contributed by atoms with van der Waals surface area (Å²) in [5, 5.41) is 101. The Bertz CT molecular complexity index is 5790. The first-order valence-electron chi connectivity index (χ1n) is 37.5. The number of carbonyl (C=O) groups excluding carboxylic acids is 8. The fourth-order valence-electron chi connectivity index (χ4n) is 11.3. The van der Waals surface area contributed by atoms with Crippen molar-refractivity contribution in [1.82, 2.24) is 69.0 Å². The molecule has 3 radical (unpaired) electrons. The van der Waals surface area contributed by atoms with Crippen molar-refractivity contribution in [2.45, 2.75) is 127 Å². The van der Waals surface area contributed by atoms with E-state index in [1.165, 1.54) is 49.8 Å². The molecular weight excluding hydrogens is 1830 g/mol. The minimum atomic E-state index is -1.43. The van der Waals surface area contributed by atoms with Crippen LogP contribution in [0.15, 0.2) is 150 Å². The Morgan fingerprint density at radius 1 is 0.577 bits per heavy atom. The number of fused-ring (bicyclic) bond motifs is 4. The average molecular weight is 1930 g/mol. The second-order valence-electron chi connectivity index (χ2n) is 26.2. The average Bonchev–Trinajstić information content (AvgIpc) is 1.64. The van der Waals surface area contributed by atoms with Crippen molar-refractivity contribution in [3.63, 3.8) is 0 Å². The summed E-state index contributed by atoms with van der Waals surface area (Å²) in [6, 6.07) is 22.0. The predicted octanol–water partition coefficient (Wildman–Crippen LogP) is 10.8. The van der Waals surface area contributed by atoms with Crippen LogP contribution in [0, 0.1) is 0 Å². The molecule has 14 heterocycles. The van der Waals surface area contributed by atoms with Gasteiger partial charge >= 0.3 is 66.9 Å². The molecule has 0 spiro atoms. The summed E-state index contributed by atoms with van der Waals surface area (Å²) in [7, 11) is -0.179. The molecule has 47 heteroatoms. The number of aromatic nitrogens is 14. The Kier molecular flexibility index (Phi) is 51.7. The van der Waals surface area contributed by atoms with E-state index in [1.807, 2.05) is 73.8 Å². The second-order valence-corrected chi connectivity index (χ2v) is 28.1. The number of aromatic carboxylic acids is 1. The number of furan rings is 2. The van der Waals surface area contributed by atoms with Crippen molar-refractivity contribution in [2.24, 2.45) is 0 Å². The third-order valence-corrected chi connectivity index (χ3v) is 18.2. The number of nitrogens with zero attached hydrogens (tertiary/aromatic N) is 14. The van der Waals surface area contributed by atoms with E-state index in [9.17, 15) is 39.3 Å². The van der Waals surface area contributed by atoms with Gasteiger partial charge in [-0.25, -0.2) is 29.3 Å². The van der Waals surface area contributed by atoms with E-state index in [-0.39, 0.29) is 173 Å². The van der Waals surface area contributed by atoms with Crippen molar-refractivity contribution in [3.05, 3.63) is 206 Å². The maximum atomic E-state index is 11.9. The smallest absolute Gasteiger partial charge is 1.00 e. The van der Waals surface area contributed by atoms with Crippen LogP contribution in [0.2, 0.25) is 25.5 Å². The van der Waals surface area contributed by atoms with Gasteiger partial charge in [-0.15, -0.1) is 12.4 Å². The molecule has 687 valence electrons. The van der Waals surface area contributed by atoms with E-state index in [0.717, 1.165) is 28.3 Å². The van der Waals surface area contributed by atoms with Gasteiger partial charge in [-0.3, -0.25) is 43.3 Å². The van der Waals surface area contributed by atoms with Crippen LogP contribution in [0.1, 0.15) is 174 Å². The number of ether oxygens (including phenoxy) is 4. The second kappa shape index (κ2) is 57.9. The van der Waals surface area contributed by atoms with Crippen molar-refractivity contribution in [3.8, 4) is 68.7 Å². The molecule has 15 rings (SSSR count). The molecule has 0 saturated heterocycles. The van der Waals surface area contributed by atoms with E-state index in [0.29, 0.717) is 99.8 Å². The van der Waals surface area contributed by atoms with Gasteiger partial charge in [0.2, 0.25) is 5.78 Å². The van der Waals surface area contributed by atoms with E-state index >= 15 is 0 Å². The van der Waals surface area contributed by atoms with E-state index in [1.54, 1.807) is 91.5 Å². The number of rotatable bonds is 15. The summed E-state index contributed by atoms with van der Waals surface area (Å²) in [6.45, 7) is 21.9. The molecule has 9 N–H and O–H groups in total. The fourth-order valence-corrected chi connectivity index (χ4v) is 12.5. The van der Waals surface area contributed by atoms with E-state index in [4.69, 9.17) is 126 Å². The first-order valence-corrected chi connectivity index (χ1v) is 39.4. The van der Waals surface area contributed by atoms with Crippen LogP contribution in [-0.4, -0.2) is 206 Å². The number of benzene rings is 1. The number of aliphatic hydroxyl groups is 2. The molecule has 2 aliphatic heterocycles. The maximum absolute atomic E-state index is 11.9. The van der Waals surface area contributed by atoms with Crippen molar-refractivity contribution >= 4 is 156 Å². The summed E-state index contributed by atoms with van der Waals surface area (Å²) < 4.78 is 37.7. The fraction of sp³-hybridized carbons (Fsp3) is 0.289. The molecule has 0 amide bonds. The number of methoxy groups -OCH3 is 1. The third-order valence-electron chi connectivity index (χ3n) is 16.7. The zero-order chi connectivity index (χ0) is 93.8. The number of esters is 2. The number of aryl methyl sites for hydroxylation is 2. The number of pyridine rings is 6. The summed E-state index contributed by atoms with van der Waals surface area (Å²) in [5.74, 6) is 0.00119. The molecule has 1 aromatic carbocycles. The summed E-state index contributed by atoms with van der Waals surface area (Å²) in [5.41, 5.74) is 7.62. The Hall–Kier alpha value is -11.9. The monoisotopic (exact) mass is 1920 g/mol.